The number of hydrogen-bond acceptors (Lipinski definition) is 6. The maximum Gasteiger partial charge on any atom is 0.333 e. The first-order valence-electron chi connectivity index (χ1n) is 12.4. The normalized spacial score (nSPS) is 24.3. The van der Waals surface area contributed by atoms with Crippen LogP contribution in [-0.4, -0.2) is 62.7 Å². The predicted molar refractivity (Wildman–Crippen MR) is 134 cm³/mol. The zero-order valence-electron chi connectivity index (χ0n) is 20.0. The Hall–Kier alpha value is -3.01. The van der Waals surface area contributed by atoms with Crippen molar-refractivity contribution in [1.82, 2.24) is 14.5 Å². The van der Waals surface area contributed by atoms with Crippen LogP contribution in [0, 0.1) is 5.92 Å². The highest BCUT2D eigenvalue weighted by atomic mass is 32.2. The first kappa shape index (κ1) is 22.5. The zero-order valence-corrected chi connectivity index (χ0v) is 20.8. The van der Waals surface area contributed by atoms with E-state index < -0.39 is 6.04 Å². The van der Waals surface area contributed by atoms with Crippen LogP contribution in [0.3, 0.4) is 0 Å². The summed E-state index contributed by atoms with van der Waals surface area (Å²) < 4.78 is 2.09. The standard InChI is InChI=1S/C25H30N6O3S/c1-14(2)21-24(33)30(15-5-6-15)25(34)31(21)20-13-28-10-11-35-19-12-16(7-8-17(19)23(28)27-20)29-9-3-4-18(29)22(26)32/h7-8,12-15,18,21H,3-6,9-11H2,1-2H3,(H2,26,32)/t18-,21?/m0/s1. The number of hydrogen-bond donors (Lipinski definition) is 1. The molecule has 1 aliphatic carbocycles. The van der Waals surface area contributed by atoms with Crippen molar-refractivity contribution in [2.75, 3.05) is 22.1 Å². The number of fused-ring (bicyclic) bond motifs is 3. The number of aryl methyl sites for hydroxylation is 1. The number of urea groups is 1. The molecule has 3 fully saturated rings. The van der Waals surface area contributed by atoms with E-state index in [2.05, 4.69) is 21.6 Å². The Kier molecular flexibility index (Phi) is 5.32. The second kappa shape index (κ2) is 8.29. The van der Waals surface area contributed by atoms with Crippen LogP contribution in [-0.2, 0) is 16.1 Å². The molecule has 2 aromatic rings. The molecular weight excluding hydrogens is 464 g/mol. The number of nitrogens with two attached hydrogens (primary N) is 1. The lowest BCUT2D eigenvalue weighted by molar-refractivity contribution is -0.128. The van der Waals surface area contributed by atoms with Crippen LogP contribution < -0.4 is 15.5 Å². The Morgan fingerprint density at radius 2 is 1.94 bits per heavy atom. The summed E-state index contributed by atoms with van der Waals surface area (Å²) in [5, 5.41) is 0. The molecule has 0 radical (unpaired) electrons. The van der Waals surface area contributed by atoms with Gasteiger partial charge in [0.05, 0.1) is 0 Å². The molecule has 1 unspecified atom stereocenters. The van der Waals surface area contributed by atoms with Crippen LogP contribution >= 0.6 is 11.8 Å². The second-order valence-electron chi connectivity index (χ2n) is 10.2. The van der Waals surface area contributed by atoms with Gasteiger partial charge < -0.3 is 15.2 Å². The summed E-state index contributed by atoms with van der Waals surface area (Å²) in [4.78, 5) is 49.6. The lowest BCUT2D eigenvalue weighted by Gasteiger charge is -2.25. The van der Waals surface area contributed by atoms with E-state index in [-0.39, 0.29) is 35.8 Å². The van der Waals surface area contributed by atoms with Crippen LogP contribution in [0.4, 0.5) is 16.3 Å². The van der Waals surface area contributed by atoms with Gasteiger partial charge in [0.15, 0.2) is 5.82 Å². The summed E-state index contributed by atoms with van der Waals surface area (Å²) in [6, 6.07) is 5.20. The van der Waals surface area contributed by atoms with Gasteiger partial charge in [-0.2, -0.15) is 0 Å². The molecule has 35 heavy (non-hydrogen) atoms. The van der Waals surface area contributed by atoms with Gasteiger partial charge in [-0.1, -0.05) is 13.8 Å². The van der Waals surface area contributed by atoms with Crippen molar-refractivity contribution in [1.29, 1.82) is 0 Å². The number of anilines is 2. The lowest BCUT2D eigenvalue weighted by atomic mass is 10.0. The molecule has 9 nitrogen and oxygen atoms in total. The molecule has 184 valence electrons. The predicted octanol–water partition coefficient (Wildman–Crippen LogP) is 3.07. The number of imide groups is 1. The number of amides is 4. The molecule has 1 saturated carbocycles. The quantitative estimate of drug-likeness (QED) is 0.641. The number of imidazole rings is 1. The molecule has 1 aromatic carbocycles. The third-order valence-corrected chi connectivity index (χ3v) is 8.48. The van der Waals surface area contributed by atoms with E-state index in [1.807, 2.05) is 26.1 Å². The van der Waals surface area contributed by atoms with Crippen LogP contribution in [0.5, 0.6) is 0 Å². The Labute approximate surface area is 208 Å². The largest absolute Gasteiger partial charge is 0.368 e. The van der Waals surface area contributed by atoms with Crippen LogP contribution in [0.25, 0.3) is 11.4 Å². The molecule has 3 aliphatic heterocycles. The number of rotatable bonds is 5. The highest BCUT2D eigenvalue weighted by Gasteiger charge is 2.53. The van der Waals surface area contributed by atoms with Crippen molar-refractivity contribution in [2.24, 2.45) is 11.7 Å². The van der Waals surface area contributed by atoms with Crippen molar-refractivity contribution in [3.63, 3.8) is 0 Å². The van der Waals surface area contributed by atoms with Crippen LogP contribution in [0.1, 0.15) is 39.5 Å². The Morgan fingerprint density at radius 3 is 2.66 bits per heavy atom. The van der Waals surface area contributed by atoms with Crippen molar-refractivity contribution in [3.8, 4) is 11.4 Å². The van der Waals surface area contributed by atoms with Crippen molar-refractivity contribution >= 4 is 41.1 Å². The highest BCUT2D eigenvalue weighted by Crippen LogP contribution is 2.41. The number of primary amides is 1. The molecular formula is C25H30N6O3S. The number of carbonyl (C=O) groups is 3. The van der Waals surface area contributed by atoms with Gasteiger partial charge in [0.2, 0.25) is 5.91 Å². The van der Waals surface area contributed by atoms with E-state index in [1.54, 1.807) is 16.7 Å². The molecule has 2 saturated heterocycles. The van der Waals surface area contributed by atoms with Crippen LogP contribution in [0.2, 0.25) is 0 Å². The van der Waals surface area contributed by atoms with Gasteiger partial charge in [-0.25, -0.2) is 9.78 Å². The van der Waals surface area contributed by atoms with Gasteiger partial charge in [0.25, 0.3) is 5.91 Å². The first-order valence-corrected chi connectivity index (χ1v) is 13.4. The summed E-state index contributed by atoms with van der Waals surface area (Å²) in [5.74, 6) is 1.79. The third-order valence-electron chi connectivity index (χ3n) is 7.44. The molecule has 4 aliphatic rings. The number of aromatic nitrogens is 2. The molecule has 0 bridgehead atoms. The minimum absolute atomic E-state index is 0.0132. The summed E-state index contributed by atoms with van der Waals surface area (Å²) in [7, 11) is 0. The molecule has 6 rings (SSSR count). The molecule has 2 atom stereocenters. The fourth-order valence-electron chi connectivity index (χ4n) is 5.60. The number of benzene rings is 1. The third kappa shape index (κ3) is 3.61. The Balaban J connectivity index is 1.37. The minimum atomic E-state index is -0.528. The Morgan fingerprint density at radius 1 is 1.14 bits per heavy atom. The zero-order chi connectivity index (χ0) is 24.4. The molecule has 4 heterocycles. The summed E-state index contributed by atoms with van der Waals surface area (Å²) in [6.07, 6.45) is 5.42. The second-order valence-corrected chi connectivity index (χ2v) is 11.3. The van der Waals surface area contributed by atoms with Gasteiger partial charge in [0, 0.05) is 47.2 Å². The van der Waals surface area contributed by atoms with E-state index in [0.29, 0.717) is 5.82 Å². The topological polar surface area (TPSA) is 105 Å². The van der Waals surface area contributed by atoms with E-state index in [0.717, 1.165) is 66.5 Å². The van der Waals surface area contributed by atoms with Crippen molar-refractivity contribution < 1.29 is 14.4 Å². The molecule has 2 N–H and O–H groups in total. The van der Waals surface area contributed by atoms with Gasteiger partial charge >= 0.3 is 6.03 Å². The molecule has 1 aromatic heterocycles. The van der Waals surface area contributed by atoms with Crippen molar-refractivity contribution in [3.05, 3.63) is 24.4 Å². The van der Waals surface area contributed by atoms with E-state index in [9.17, 15) is 14.4 Å². The van der Waals surface area contributed by atoms with E-state index in [4.69, 9.17) is 10.7 Å². The van der Waals surface area contributed by atoms with E-state index >= 15 is 0 Å². The first-order chi connectivity index (χ1) is 16.8. The summed E-state index contributed by atoms with van der Waals surface area (Å²) in [5.41, 5.74) is 7.63. The van der Waals surface area contributed by atoms with Gasteiger partial charge in [0.1, 0.15) is 17.9 Å². The Bertz CT molecular complexity index is 1220. The SMILES string of the molecule is CC(C)C1C(=O)N(C2CC2)C(=O)N1c1cn2c(n1)-c1ccc(N3CCC[C@H]3C(N)=O)cc1SCC2. The summed E-state index contributed by atoms with van der Waals surface area (Å²) >= 11 is 1.76. The smallest absolute Gasteiger partial charge is 0.333 e. The summed E-state index contributed by atoms with van der Waals surface area (Å²) in [6.45, 7) is 5.52. The monoisotopic (exact) mass is 494 g/mol. The maximum absolute atomic E-state index is 13.4. The number of nitrogens with zero attached hydrogens (tertiary/aromatic N) is 5. The fraction of sp³-hybridized carbons (Fsp3) is 0.520. The average molecular weight is 495 g/mol. The minimum Gasteiger partial charge on any atom is -0.368 e. The van der Waals surface area contributed by atoms with Gasteiger partial charge in [-0.15, -0.1) is 11.8 Å². The van der Waals surface area contributed by atoms with E-state index in [1.165, 1.54) is 4.90 Å². The maximum atomic E-state index is 13.4. The fourth-order valence-corrected chi connectivity index (χ4v) is 6.62. The highest BCUT2D eigenvalue weighted by molar-refractivity contribution is 7.99. The number of thioether (sulfide) groups is 1. The lowest BCUT2D eigenvalue weighted by Crippen LogP contribution is -2.40. The van der Waals surface area contributed by atoms with Gasteiger partial charge in [-0.05, 0) is 49.8 Å². The number of carbonyl (C=O) groups excluding carboxylic acids is 3. The van der Waals surface area contributed by atoms with Gasteiger partial charge in [-0.3, -0.25) is 19.4 Å². The van der Waals surface area contributed by atoms with Crippen LogP contribution in [0.15, 0.2) is 29.3 Å². The average Bonchev–Trinajstić information content (AvgIpc) is 3.31. The molecule has 4 amide bonds. The molecule has 10 heteroatoms. The van der Waals surface area contributed by atoms with Crippen molar-refractivity contribution in [2.45, 2.75) is 69.1 Å². The molecule has 0 spiro atoms.